The number of carbonyl (C=O) groups is 1. The summed E-state index contributed by atoms with van der Waals surface area (Å²) >= 11 is 3.10. The first-order valence-corrected chi connectivity index (χ1v) is 3.08. The predicted octanol–water partition coefficient (Wildman–Crippen LogP) is 1.80. The van der Waals surface area contributed by atoms with Gasteiger partial charge in [0, 0.05) is 19.5 Å². The second kappa shape index (κ2) is 15.8. The Morgan fingerprint density at radius 3 is 1.56 bits per heavy atom. The van der Waals surface area contributed by atoms with Gasteiger partial charge in [-0.15, -0.1) is 0 Å². The average Bonchev–Trinajstić information content (AvgIpc) is 1.65. The fourth-order valence-corrected chi connectivity index (χ4v) is 0. The number of carbonyl (C=O) groups excluding carboxylic acids is 1. The topological polar surface area (TPSA) is 43.1 Å². The van der Waals surface area contributed by atoms with Gasteiger partial charge < -0.3 is 5.73 Å². The van der Waals surface area contributed by atoms with Gasteiger partial charge in [-0.1, -0.05) is 39.3 Å². The Labute approximate surface area is 74.7 Å². The molecule has 0 unspecified atom stereocenters. The van der Waals surface area contributed by atoms with E-state index in [1.165, 1.54) is 12.8 Å². The number of primary amides is 1. The number of nitrogens with two attached hydrogens (primary N) is 1. The minimum atomic E-state index is -0.639. The minimum absolute atomic E-state index is 0. The van der Waals surface area contributed by atoms with Gasteiger partial charge in [-0.3, -0.25) is 4.79 Å². The summed E-state index contributed by atoms with van der Waals surface area (Å²) < 4.78 is 0. The first-order chi connectivity index (χ1) is 3.65. The van der Waals surface area contributed by atoms with E-state index in [2.05, 4.69) is 32.2 Å². The zero-order chi connectivity index (χ0) is 6.99. The van der Waals surface area contributed by atoms with Crippen LogP contribution in [0, 0.1) is 0 Å². The Morgan fingerprint density at radius 1 is 1.44 bits per heavy atom. The molecule has 0 fully saturated rings. The molecule has 0 rings (SSSR count). The van der Waals surface area contributed by atoms with Gasteiger partial charge in [-0.05, 0) is 0 Å². The van der Waals surface area contributed by atoms with E-state index in [0.717, 1.165) is 0 Å². The molecule has 2 nitrogen and oxygen atoms in total. The van der Waals surface area contributed by atoms with Crippen LogP contribution >= 0.6 is 12.6 Å². The molecule has 0 aromatic heterocycles. The Morgan fingerprint density at radius 2 is 1.56 bits per heavy atom. The average molecular weight is 201 g/mol. The van der Waals surface area contributed by atoms with E-state index in [4.69, 9.17) is 4.79 Å². The number of unbranched alkanes of at least 4 members (excludes halogenated alkanes) is 1. The van der Waals surface area contributed by atoms with Crippen LogP contribution in [0.25, 0.3) is 0 Å². The number of rotatable bonds is 1. The van der Waals surface area contributed by atoms with Crippen molar-refractivity contribution in [3.63, 3.8) is 0 Å². The third-order valence-electron chi connectivity index (χ3n) is 0.500. The van der Waals surface area contributed by atoms with Crippen molar-refractivity contribution in [2.24, 2.45) is 5.73 Å². The maximum Gasteiger partial charge on any atom is 0.273 e. The molecule has 0 aliphatic heterocycles. The molecule has 4 heteroatoms. The van der Waals surface area contributed by atoms with Gasteiger partial charge in [0.15, 0.2) is 0 Å². The van der Waals surface area contributed by atoms with E-state index in [9.17, 15) is 0 Å². The van der Waals surface area contributed by atoms with Crippen LogP contribution in [0.1, 0.15) is 26.7 Å². The third kappa shape index (κ3) is 168. The van der Waals surface area contributed by atoms with Crippen molar-refractivity contribution in [1.82, 2.24) is 0 Å². The molecule has 0 saturated carbocycles. The van der Waals surface area contributed by atoms with Crippen LogP contribution in [0.5, 0.6) is 0 Å². The summed E-state index contributed by atoms with van der Waals surface area (Å²) in [6.45, 7) is 4.36. The molecule has 0 saturated heterocycles. The van der Waals surface area contributed by atoms with Gasteiger partial charge in [0.1, 0.15) is 0 Å². The fourth-order valence-electron chi connectivity index (χ4n) is 0. The Hall–Kier alpha value is 0.443. The van der Waals surface area contributed by atoms with Crippen molar-refractivity contribution in [1.29, 1.82) is 0 Å². The smallest absolute Gasteiger partial charge is 0.273 e. The van der Waals surface area contributed by atoms with Gasteiger partial charge in [-0.2, -0.15) is 0 Å². The fraction of sp³-hybridized carbons (Fsp3) is 0.800. The summed E-state index contributed by atoms with van der Waals surface area (Å²) in [5.41, 5.74) is 4.34. The summed E-state index contributed by atoms with van der Waals surface area (Å²) in [4.78, 5) is 9.09. The molecule has 0 aliphatic carbocycles. The standard InChI is InChI=1S/C4H10.CH3NOS.Zn/c1-3-4-2;2-1(3)4;/h3-4H2,1-2H3;(H3,2,3,4);. The molecule has 0 atom stereocenters. The molecule has 0 heterocycles. The van der Waals surface area contributed by atoms with Crippen LogP contribution in [-0.2, 0) is 19.5 Å². The zero-order valence-electron chi connectivity index (χ0n) is 6.05. The summed E-state index contributed by atoms with van der Waals surface area (Å²) in [5.74, 6) is 0. The van der Waals surface area contributed by atoms with Crippen molar-refractivity contribution < 1.29 is 24.3 Å². The van der Waals surface area contributed by atoms with Crippen LogP contribution in [-0.4, -0.2) is 5.24 Å². The van der Waals surface area contributed by atoms with E-state index in [-0.39, 0.29) is 19.5 Å². The molecule has 2 N–H and O–H groups in total. The van der Waals surface area contributed by atoms with E-state index in [1.54, 1.807) is 0 Å². The second-order valence-corrected chi connectivity index (χ2v) is 1.78. The van der Waals surface area contributed by atoms with E-state index >= 15 is 0 Å². The molecule has 0 aromatic carbocycles. The van der Waals surface area contributed by atoms with Crippen LogP contribution in [0.2, 0.25) is 0 Å². The predicted molar refractivity (Wildman–Crippen MR) is 39.2 cm³/mol. The van der Waals surface area contributed by atoms with Gasteiger partial charge in [-0.25, -0.2) is 0 Å². The van der Waals surface area contributed by atoms with Crippen LogP contribution in [0.15, 0.2) is 0 Å². The van der Waals surface area contributed by atoms with Crippen LogP contribution in [0.3, 0.4) is 0 Å². The summed E-state index contributed by atoms with van der Waals surface area (Å²) in [5, 5.41) is -0.639. The number of hydrogen-bond acceptors (Lipinski definition) is 1. The first kappa shape index (κ1) is 16.2. The SMILES string of the molecule is CCCC.NC(=O)S.[Zn]. The van der Waals surface area contributed by atoms with Crippen molar-refractivity contribution in [2.75, 3.05) is 0 Å². The molecule has 0 spiro atoms. The number of amides is 1. The summed E-state index contributed by atoms with van der Waals surface area (Å²) in [6.07, 6.45) is 2.64. The van der Waals surface area contributed by atoms with Gasteiger partial charge >= 0.3 is 0 Å². The minimum Gasteiger partial charge on any atom is -0.361 e. The van der Waals surface area contributed by atoms with E-state index in [1.807, 2.05) is 0 Å². The maximum absolute atomic E-state index is 9.09. The monoisotopic (exact) mass is 199 g/mol. The molecular formula is C5H13NOSZn. The zero-order valence-corrected chi connectivity index (χ0v) is 9.92. The summed E-state index contributed by atoms with van der Waals surface area (Å²) in [6, 6.07) is 0. The largest absolute Gasteiger partial charge is 0.361 e. The molecule has 0 radical (unpaired) electrons. The van der Waals surface area contributed by atoms with Crippen molar-refractivity contribution in [2.45, 2.75) is 26.7 Å². The molecule has 0 aromatic rings. The van der Waals surface area contributed by atoms with Gasteiger partial charge in [0.05, 0.1) is 0 Å². The number of thiol groups is 1. The molecule has 52 valence electrons. The van der Waals surface area contributed by atoms with Crippen molar-refractivity contribution in [3.05, 3.63) is 0 Å². The maximum atomic E-state index is 9.09. The molecule has 0 bridgehead atoms. The van der Waals surface area contributed by atoms with Crippen LogP contribution < -0.4 is 5.73 Å². The molecular weight excluding hydrogens is 188 g/mol. The third-order valence-corrected chi connectivity index (χ3v) is 0.500. The molecule has 0 aliphatic rings. The van der Waals surface area contributed by atoms with E-state index in [0.29, 0.717) is 0 Å². The van der Waals surface area contributed by atoms with E-state index < -0.39 is 5.24 Å². The van der Waals surface area contributed by atoms with Gasteiger partial charge in [0.25, 0.3) is 5.24 Å². The van der Waals surface area contributed by atoms with Crippen molar-refractivity contribution in [3.8, 4) is 0 Å². The Bertz CT molecular complexity index is 54.9. The van der Waals surface area contributed by atoms with Gasteiger partial charge in [0.2, 0.25) is 0 Å². The number of hydrogen-bond donors (Lipinski definition) is 2. The molecule has 9 heavy (non-hydrogen) atoms. The first-order valence-electron chi connectivity index (χ1n) is 2.63. The second-order valence-electron chi connectivity index (χ2n) is 1.34. The van der Waals surface area contributed by atoms with Crippen molar-refractivity contribution >= 4 is 17.9 Å². The summed E-state index contributed by atoms with van der Waals surface area (Å²) in [7, 11) is 0. The Kier molecular flexibility index (Phi) is 28.4. The molecule has 1 amide bonds. The van der Waals surface area contributed by atoms with Crippen LogP contribution in [0.4, 0.5) is 4.79 Å². The normalized spacial score (nSPS) is 6.11. The Balaban J connectivity index is -0.0000000720. The quantitative estimate of drug-likeness (QED) is 0.492.